The van der Waals surface area contributed by atoms with Crippen molar-refractivity contribution in [2.75, 3.05) is 25.1 Å². The van der Waals surface area contributed by atoms with Crippen LogP contribution in [-0.4, -0.2) is 31.9 Å². The van der Waals surface area contributed by atoms with Crippen LogP contribution in [0.5, 0.6) is 0 Å². The monoisotopic (exact) mass is 573 g/mol. The third-order valence-electron chi connectivity index (χ3n) is 7.46. The number of amides is 1. The van der Waals surface area contributed by atoms with Crippen LogP contribution < -0.4 is 5.32 Å². The van der Waals surface area contributed by atoms with Gasteiger partial charge in [0.25, 0.3) is 0 Å². The lowest BCUT2D eigenvalue weighted by Gasteiger charge is -2.35. The van der Waals surface area contributed by atoms with E-state index in [1.807, 2.05) is 85.8 Å². The zero-order chi connectivity index (χ0) is 28.8. The molecule has 0 saturated carbocycles. The Bertz CT molecular complexity index is 1470. The summed E-state index contributed by atoms with van der Waals surface area (Å²) in [4.78, 5) is 25.6. The highest BCUT2D eigenvalue weighted by atomic mass is 35.5. The van der Waals surface area contributed by atoms with Gasteiger partial charge < -0.3 is 18.6 Å². The third kappa shape index (κ3) is 6.16. The molecule has 1 atom stereocenters. The minimum absolute atomic E-state index is 0.194. The van der Waals surface area contributed by atoms with E-state index in [2.05, 4.69) is 5.32 Å². The minimum atomic E-state index is -0.682. The molecule has 0 spiro atoms. The standard InChI is InChI=1S/C33H32ClNO6/c1-3-39-31(36)33(17-19-38-20-18-33)27-15-13-25(14-16-27)24-9-11-26(12-10-24)30-29(28(34)21-40-30)35-32(37)41-22(2)23-7-5-4-6-8-23/h4-16,21-22H,3,17-20H2,1-2H3,(H,35,37)/t22-/m1/s1. The Kier molecular flexibility index (Phi) is 8.76. The molecule has 1 N–H and O–H groups in total. The van der Waals surface area contributed by atoms with Crippen molar-refractivity contribution in [1.82, 2.24) is 0 Å². The zero-order valence-corrected chi connectivity index (χ0v) is 23.8. The number of halogens is 1. The van der Waals surface area contributed by atoms with Gasteiger partial charge in [-0.1, -0.05) is 90.5 Å². The number of esters is 1. The van der Waals surface area contributed by atoms with Gasteiger partial charge >= 0.3 is 12.1 Å². The molecule has 1 aromatic heterocycles. The molecule has 0 aliphatic carbocycles. The predicted molar refractivity (Wildman–Crippen MR) is 158 cm³/mol. The number of hydrogen-bond donors (Lipinski definition) is 1. The molecule has 2 heterocycles. The number of benzene rings is 3. The quantitative estimate of drug-likeness (QED) is 0.214. The fraction of sp³-hybridized carbons (Fsp3) is 0.273. The average Bonchev–Trinajstić information content (AvgIpc) is 3.37. The van der Waals surface area contributed by atoms with Gasteiger partial charge in [-0.3, -0.25) is 10.1 Å². The van der Waals surface area contributed by atoms with Gasteiger partial charge in [0.2, 0.25) is 0 Å². The number of ether oxygens (including phenoxy) is 3. The molecular formula is C33H32ClNO6. The average molecular weight is 574 g/mol. The molecular weight excluding hydrogens is 542 g/mol. The molecule has 0 unspecified atom stereocenters. The first-order valence-corrected chi connectivity index (χ1v) is 14.0. The molecule has 0 bridgehead atoms. The van der Waals surface area contributed by atoms with E-state index in [-0.39, 0.29) is 11.0 Å². The summed E-state index contributed by atoms with van der Waals surface area (Å²) in [7, 11) is 0. The van der Waals surface area contributed by atoms with Crippen LogP contribution in [0.4, 0.5) is 10.5 Å². The van der Waals surface area contributed by atoms with Gasteiger partial charge in [-0.25, -0.2) is 4.79 Å². The van der Waals surface area contributed by atoms with Gasteiger partial charge in [0, 0.05) is 18.8 Å². The van der Waals surface area contributed by atoms with Crippen LogP contribution in [0.2, 0.25) is 5.02 Å². The lowest BCUT2D eigenvalue weighted by Crippen LogP contribution is -2.42. The van der Waals surface area contributed by atoms with Gasteiger partial charge in [0.05, 0.1) is 12.0 Å². The van der Waals surface area contributed by atoms with Crippen LogP contribution in [-0.2, 0) is 24.4 Å². The Labute approximate surface area is 244 Å². The van der Waals surface area contributed by atoms with E-state index < -0.39 is 17.6 Å². The molecule has 8 heteroatoms. The Hall–Kier alpha value is -4.07. The number of rotatable bonds is 8. The lowest BCUT2D eigenvalue weighted by molar-refractivity contribution is -0.154. The fourth-order valence-electron chi connectivity index (χ4n) is 5.15. The smallest absolute Gasteiger partial charge is 0.412 e. The number of carbonyl (C=O) groups is 2. The molecule has 1 amide bonds. The minimum Gasteiger partial charge on any atom is -0.465 e. The number of anilines is 1. The third-order valence-corrected chi connectivity index (χ3v) is 7.73. The van der Waals surface area contributed by atoms with Crippen molar-refractivity contribution in [2.45, 2.75) is 38.2 Å². The van der Waals surface area contributed by atoms with E-state index in [0.29, 0.717) is 44.1 Å². The van der Waals surface area contributed by atoms with Crippen molar-refractivity contribution in [3.05, 3.63) is 101 Å². The first-order valence-electron chi connectivity index (χ1n) is 13.7. The summed E-state index contributed by atoms with van der Waals surface area (Å²) in [6.07, 6.45) is 1.51. The normalized spacial score (nSPS) is 15.1. The highest BCUT2D eigenvalue weighted by Gasteiger charge is 2.43. The molecule has 212 valence electrons. The van der Waals surface area contributed by atoms with Gasteiger partial charge in [-0.05, 0) is 48.9 Å². The second kappa shape index (κ2) is 12.6. The van der Waals surface area contributed by atoms with Crippen LogP contribution in [0, 0.1) is 0 Å². The zero-order valence-electron chi connectivity index (χ0n) is 23.0. The summed E-state index contributed by atoms with van der Waals surface area (Å²) in [5.41, 5.74) is 4.21. The Morgan fingerprint density at radius 2 is 1.54 bits per heavy atom. The molecule has 7 nitrogen and oxygen atoms in total. The van der Waals surface area contributed by atoms with E-state index in [1.54, 1.807) is 6.92 Å². The number of nitrogens with one attached hydrogen (secondary N) is 1. The molecule has 1 fully saturated rings. The summed E-state index contributed by atoms with van der Waals surface area (Å²) in [5, 5.41) is 3.00. The van der Waals surface area contributed by atoms with E-state index in [4.69, 9.17) is 30.2 Å². The first-order chi connectivity index (χ1) is 19.9. The molecule has 1 saturated heterocycles. The van der Waals surface area contributed by atoms with Crippen molar-refractivity contribution in [2.24, 2.45) is 0 Å². The van der Waals surface area contributed by atoms with Gasteiger partial charge in [-0.15, -0.1) is 0 Å². The number of hydrogen-bond acceptors (Lipinski definition) is 6. The molecule has 1 aliphatic rings. The number of furan rings is 1. The van der Waals surface area contributed by atoms with E-state index in [9.17, 15) is 9.59 Å². The lowest BCUT2D eigenvalue weighted by atomic mass is 9.74. The summed E-state index contributed by atoms with van der Waals surface area (Å²) in [6.45, 7) is 5.03. The first kappa shape index (κ1) is 28.5. The molecule has 3 aromatic carbocycles. The SMILES string of the molecule is CCOC(=O)C1(c2ccc(-c3ccc(-c4occ(Cl)c4NC(=O)O[C@H](C)c4ccccc4)cc3)cc2)CCOCC1. The molecule has 0 radical (unpaired) electrons. The van der Waals surface area contributed by atoms with Crippen LogP contribution >= 0.6 is 11.6 Å². The van der Waals surface area contributed by atoms with Gasteiger partial charge in [-0.2, -0.15) is 0 Å². The largest absolute Gasteiger partial charge is 0.465 e. The van der Waals surface area contributed by atoms with E-state index >= 15 is 0 Å². The molecule has 5 rings (SSSR count). The summed E-state index contributed by atoms with van der Waals surface area (Å²) < 4.78 is 22.2. The van der Waals surface area contributed by atoms with E-state index in [0.717, 1.165) is 27.8 Å². The Morgan fingerprint density at radius 1 is 0.927 bits per heavy atom. The van der Waals surface area contributed by atoms with Crippen molar-refractivity contribution < 1.29 is 28.2 Å². The van der Waals surface area contributed by atoms with Crippen molar-refractivity contribution in [3.63, 3.8) is 0 Å². The second-order valence-electron chi connectivity index (χ2n) is 9.94. The second-order valence-corrected chi connectivity index (χ2v) is 10.3. The van der Waals surface area contributed by atoms with Gasteiger partial charge in [0.15, 0.2) is 5.76 Å². The van der Waals surface area contributed by atoms with Crippen molar-refractivity contribution >= 4 is 29.4 Å². The molecule has 41 heavy (non-hydrogen) atoms. The fourth-order valence-corrected chi connectivity index (χ4v) is 5.32. The highest BCUT2D eigenvalue weighted by Crippen LogP contribution is 2.39. The summed E-state index contributed by atoms with van der Waals surface area (Å²) in [6, 6.07) is 25.3. The maximum atomic E-state index is 12.9. The summed E-state index contributed by atoms with van der Waals surface area (Å²) >= 11 is 6.35. The van der Waals surface area contributed by atoms with Crippen LogP contribution in [0.25, 0.3) is 22.5 Å². The molecule has 4 aromatic rings. The maximum absolute atomic E-state index is 12.9. The van der Waals surface area contributed by atoms with Crippen molar-refractivity contribution in [3.8, 4) is 22.5 Å². The Morgan fingerprint density at radius 3 is 2.17 bits per heavy atom. The van der Waals surface area contributed by atoms with Crippen LogP contribution in [0.3, 0.4) is 0 Å². The maximum Gasteiger partial charge on any atom is 0.412 e. The topological polar surface area (TPSA) is 87.0 Å². The van der Waals surface area contributed by atoms with Crippen molar-refractivity contribution in [1.29, 1.82) is 0 Å². The molecule has 1 aliphatic heterocycles. The predicted octanol–water partition coefficient (Wildman–Crippen LogP) is 8.19. The number of carbonyl (C=O) groups excluding carboxylic acids is 2. The highest BCUT2D eigenvalue weighted by molar-refractivity contribution is 6.34. The van der Waals surface area contributed by atoms with Gasteiger partial charge in [0.1, 0.15) is 23.1 Å². The Balaban J connectivity index is 1.31. The van der Waals surface area contributed by atoms with E-state index in [1.165, 1.54) is 6.26 Å². The van der Waals surface area contributed by atoms with Crippen LogP contribution in [0.1, 0.15) is 43.9 Å². The van der Waals surface area contributed by atoms with Crippen LogP contribution in [0.15, 0.2) is 89.5 Å². The summed E-state index contributed by atoms with van der Waals surface area (Å²) in [5.74, 6) is 0.234.